The molecular weight excluding hydrogens is 212 g/mol. The molecule has 1 aromatic carbocycles. The van der Waals surface area contributed by atoms with Crippen LogP contribution in [0.3, 0.4) is 0 Å². The van der Waals surface area contributed by atoms with Crippen LogP contribution >= 0.6 is 0 Å². The maximum atomic E-state index is 5.72. The van der Waals surface area contributed by atoms with Gasteiger partial charge in [-0.3, -0.25) is 0 Å². The molecule has 0 aliphatic carbocycles. The fourth-order valence-corrected chi connectivity index (χ4v) is 1.81. The summed E-state index contributed by atoms with van der Waals surface area (Å²) in [7, 11) is 0. The first-order chi connectivity index (χ1) is 8.22. The first-order valence-corrected chi connectivity index (χ1v) is 6.45. The van der Waals surface area contributed by atoms with Crippen LogP contribution in [0.2, 0.25) is 0 Å². The molecule has 17 heavy (non-hydrogen) atoms. The average Bonchev–Trinajstić information content (AvgIpc) is 2.26. The lowest BCUT2D eigenvalue weighted by atomic mass is 10.1. The third-order valence-electron chi connectivity index (χ3n) is 2.71. The normalized spacial score (nSPS) is 10.6. The topological polar surface area (TPSA) is 61.3 Å². The predicted octanol–water partition coefficient (Wildman–Crippen LogP) is 2.99. The minimum atomic E-state index is 0.725. The highest BCUT2D eigenvalue weighted by Crippen LogP contribution is 2.14. The van der Waals surface area contributed by atoms with Crippen LogP contribution in [0.25, 0.3) is 0 Å². The van der Waals surface area contributed by atoms with Crippen molar-refractivity contribution in [2.45, 2.75) is 39.0 Å². The molecular formula is C14H24N2O. The fraction of sp³-hybridized carbons (Fsp3) is 0.571. The molecule has 3 heteroatoms. The van der Waals surface area contributed by atoms with Gasteiger partial charge in [-0.15, -0.1) is 0 Å². The molecule has 0 heterocycles. The van der Waals surface area contributed by atoms with E-state index in [1.807, 2.05) is 12.1 Å². The molecule has 0 aromatic heterocycles. The second-order valence-electron chi connectivity index (χ2n) is 4.43. The summed E-state index contributed by atoms with van der Waals surface area (Å²) >= 11 is 0. The van der Waals surface area contributed by atoms with Gasteiger partial charge in [0.25, 0.3) is 0 Å². The highest BCUT2D eigenvalue weighted by atomic mass is 16.5. The molecule has 0 bridgehead atoms. The molecule has 0 atom stereocenters. The number of nitrogen functional groups attached to an aromatic ring is 2. The molecule has 1 rings (SSSR count). The Bertz CT molecular complexity index is 306. The third-order valence-corrected chi connectivity index (χ3v) is 2.71. The van der Waals surface area contributed by atoms with Crippen LogP contribution in [0.15, 0.2) is 18.2 Å². The summed E-state index contributed by atoms with van der Waals surface area (Å²) in [5.41, 5.74) is 14.0. The first kappa shape index (κ1) is 13.8. The van der Waals surface area contributed by atoms with Gasteiger partial charge in [0, 0.05) is 18.0 Å². The Balaban J connectivity index is 2.13. The Kier molecular flexibility index (Phi) is 6.48. The SMILES string of the molecule is CCCCCCOCCc1cc(N)cc(N)c1. The van der Waals surface area contributed by atoms with Crippen molar-refractivity contribution in [1.82, 2.24) is 0 Å². The first-order valence-electron chi connectivity index (χ1n) is 6.45. The lowest BCUT2D eigenvalue weighted by Gasteiger charge is -2.06. The van der Waals surface area contributed by atoms with E-state index < -0.39 is 0 Å². The van der Waals surface area contributed by atoms with Crippen LogP contribution in [-0.2, 0) is 11.2 Å². The van der Waals surface area contributed by atoms with E-state index in [2.05, 4.69) is 6.92 Å². The average molecular weight is 236 g/mol. The smallest absolute Gasteiger partial charge is 0.0506 e. The van der Waals surface area contributed by atoms with Gasteiger partial charge in [-0.25, -0.2) is 0 Å². The van der Waals surface area contributed by atoms with Gasteiger partial charge in [0.05, 0.1) is 6.61 Å². The summed E-state index contributed by atoms with van der Waals surface area (Å²) in [5.74, 6) is 0. The number of ether oxygens (including phenoxy) is 1. The van der Waals surface area contributed by atoms with Crippen molar-refractivity contribution in [2.24, 2.45) is 0 Å². The number of nitrogens with two attached hydrogens (primary N) is 2. The number of unbranched alkanes of at least 4 members (excludes halogenated alkanes) is 3. The zero-order valence-corrected chi connectivity index (χ0v) is 10.7. The molecule has 0 radical (unpaired) electrons. The summed E-state index contributed by atoms with van der Waals surface area (Å²) in [6.07, 6.45) is 5.87. The number of benzene rings is 1. The van der Waals surface area contributed by atoms with Crippen LogP contribution in [0.4, 0.5) is 11.4 Å². The number of anilines is 2. The lowest BCUT2D eigenvalue weighted by Crippen LogP contribution is -2.02. The van der Waals surface area contributed by atoms with Gasteiger partial charge in [0.15, 0.2) is 0 Å². The molecule has 96 valence electrons. The van der Waals surface area contributed by atoms with E-state index in [1.54, 1.807) is 6.07 Å². The highest BCUT2D eigenvalue weighted by Gasteiger charge is 1.97. The number of hydrogen-bond donors (Lipinski definition) is 2. The maximum absolute atomic E-state index is 5.72. The van der Waals surface area contributed by atoms with Crippen LogP contribution in [0.1, 0.15) is 38.2 Å². The minimum absolute atomic E-state index is 0.725. The summed E-state index contributed by atoms with van der Waals surface area (Å²) in [6, 6.07) is 5.68. The van der Waals surface area contributed by atoms with Gasteiger partial charge in [-0.1, -0.05) is 26.2 Å². The van der Waals surface area contributed by atoms with E-state index in [-0.39, 0.29) is 0 Å². The predicted molar refractivity (Wildman–Crippen MR) is 73.9 cm³/mol. The minimum Gasteiger partial charge on any atom is -0.399 e. The van der Waals surface area contributed by atoms with Gasteiger partial charge in [-0.05, 0) is 36.6 Å². The molecule has 0 aliphatic rings. The van der Waals surface area contributed by atoms with Gasteiger partial charge >= 0.3 is 0 Å². The van der Waals surface area contributed by atoms with Gasteiger partial charge in [0.1, 0.15) is 0 Å². The van der Waals surface area contributed by atoms with E-state index in [4.69, 9.17) is 16.2 Å². The molecule has 0 aliphatic heterocycles. The van der Waals surface area contributed by atoms with Crippen molar-refractivity contribution in [3.63, 3.8) is 0 Å². The molecule has 0 spiro atoms. The van der Waals surface area contributed by atoms with E-state index in [0.29, 0.717) is 0 Å². The zero-order chi connectivity index (χ0) is 12.5. The Hall–Kier alpha value is -1.22. The summed E-state index contributed by atoms with van der Waals surface area (Å²) < 4.78 is 5.58. The van der Waals surface area contributed by atoms with Gasteiger partial charge in [0.2, 0.25) is 0 Å². The van der Waals surface area contributed by atoms with E-state index in [0.717, 1.165) is 43.0 Å². The van der Waals surface area contributed by atoms with E-state index >= 15 is 0 Å². The number of hydrogen-bond acceptors (Lipinski definition) is 3. The van der Waals surface area contributed by atoms with Crippen LogP contribution in [0.5, 0.6) is 0 Å². The third kappa shape index (κ3) is 6.17. The maximum Gasteiger partial charge on any atom is 0.0506 e. The molecule has 0 fully saturated rings. The Morgan fingerprint density at radius 3 is 2.29 bits per heavy atom. The molecule has 4 N–H and O–H groups in total. The van der Waals surface area contributed by atoms with Crippen LogP contribution < -0.4 is 11.5 Å². The molecule has 3 nitrogen and oxygen atoms in total. The second-order valence-corrected chi connectivity index (χ2v) is 4.43. The standard InChI is InChI=1S/C14H24N2O/c1-2-3-4-5-7-17-8-6-12-9-13(15)11-14(16)10-12/h9-11H,2-8,15-16H2,1H3. The van der Waals surface area contributed by atoms with Crippen LogP contribution in [0, 0.1) is 0 Å². The van der Waals surface area contributed by atoms with E-state index in [1.165, 1.54) is 19.3 Å². The van der Waals surface area contributed by atoms with E-state index in [9.17, 15) is 0 Å². The Morgan fingerprint density at radius 1 is 0.941 bits per heavy atom. The second kappa shape index (κ2) is 7.96. The molecule has 0 unspecified atom stereocenters. The van der Waals surface area contributed by atoms with Crippen molar-refractivity contribution >= 4 is 11.4 Å². The van der Waals surface area contributed by atoms with Crippen molar-refractivity contribution < 1.29 is 4.74 Å². The monoisotopic (exact) mass is 236 g/mol. The largest absolute Gasteiger partial charge is 0.399 e. The van der Waals surface area contributed by atoms with Crippen molar-refractivity contribution in [3.05, 3.63) is 23.8 Å². The summed E-state index contributed by atoms with van der Waals surface area (Å²) in [5, 5.41) is 0. The molecule has 0 amide bonds. The van der Waals surface area contributed by atoms with Gasteiger partial charge in [-0.2, -0.15) is 0 Å². The Labute approximate surface area is 104 Å². The van der Waals surface area contributed by atoms with Crippen molar-refractivity contribution in [2.75, 3.05) is 24.7 Å². The van der Waals surface area contributed by atoms with Crippen LogP contribution in [-0.4, -0.2) is 13.2 Å². The lowest BCUT2D eigenvalue weighted by molar-refractivity contribution is 0.133. The zero-order valence-electron chi connectivity index (χ0n) is 10.7. The van der Waals surface area contributed by atoms with Gasteiger partial charge < -0.3 is 16.2 Å². The summed E-state index contributed by atoms with van der Waals surface area (Å²) in [4.78, 5) is 0. The Morgan fingerprint density at radius 2 is 1.65 bits per heavy atom. The summed E-state index contributed by atoms with van der Waals surface area (Å²) in [6.45, 7) is 3.82. The molecule has 1 aromatic rings. The number of rotatable bonds is 8. The molecule has 0 saturated carbocycles. The van der Waals surface area contributed by atoms with Crippen molar-refractivity contribution in [1.29, 1.82) is 0 Å². The highest BCUT2D eigenvalue weighted by molar-refractivity contribution is 5.54. The quantitative estimate of drug-likeness (QED) is 0.539. The van der Waals surface area contributed by atoms with Crippen molar-refractivity contribution in [3.8, 4) is 0 Å². The fourth-order valence-electron chi connectivity index (χ4n) is 1.81. The molecule has 0 saturated heterocycles.